The van der Waals surface area contributed by atoms with Gasteiger partial charge in [-0.2, -0.15) is 0 Å². The maximum Gasteiger partial charge on any atom is 0.237 e. The Morgan fingerprint density at radius 2 is 2.33 bits per heavy atom. The summed E-state index contributed by atoms with van der Waals surface area (Å²) in [6.45, 7) is 1.06. The number of hydrogen-bond acceptors (Lipinski definition) is 3. The van der Waals surface area contributed by atoms with Crippen molar-refractivity contribution in [2.45, 2.75) is 25.0 Å². The van der Waals surface area contributed by atoms with Crippen LogP contribution in [-0.2, 0) is 4.79 Å². The van der Waals surface area contributed by atoms with Gasteiger partial charge in [0.1, 0.15) is 0 Å². The molecule has 0 radical (unpaired) electrons. The number of nitrogens with one attached hydrogen (secondary N) is 2. The first-order valence-electron chi connectivity index (χ1n) is 6.12. The highest BCUT2D eigenvalue weighted by atomic mass is 35.5. The number of halogens is 1. The number of benzene rings is 1. The Hall–Kier alpha value is -1.10. The zero-order valence-corrected chi connectivity index (χ0v) is 10.8. The van der Waals surface area contributed by atoms with Crippen molar-refractivity contribution in [3.63, 3.8) is 0 Å². The Labute approximate surface area is 111 Å². The molecule has 1 aliphatic rings. The summed E-state index contributed by atoms with van der Waals surface area (Å²) < 4.78 is 0. The Morgan fingerprint density at radius 3 is 3.00 bits per heavy atom. The Bertz CT molecular complexity index is 419. The predicted molar refractivity (Wildman–Crippen MR) is 70.4 cm³/mol. The lowest BCUT2D eigenvalue weighted by Gasteiger charge is -2.16. The van der Waals surface area contributed by atoms with Gasteiger partial charge in [-0.1, -0.05) is 29.8 Å². The molecule has 0 aromatic heterocycles. The third-order valence-corrected chi connectivity index (χ3v) is 3.45. The molecule has 1 saturated heterocycles. The predicted octanol–water partition coefficient (Wildman–Crippen LogP) is 1.24. The van der Waals surface area contributed by atoms with Gasteiger partial charge in [0, 0.05) is 17.1 Å². The van der Waals surface area contributed by atoms with Gasteiger partial charge in [0.25, 0.3) is 0 Å². The fourth-order valence-corrected chi connectivity index (χ4v) is 2.35. The van der Waals surface area contributed by atoms with E-state index >= 15 is 0 Å². The maximum absolute atomic E-state index is 11.7. The highest BCUT2D eigenvalue weighted by molar-refractivity contribution is 6.31. The summed E-state index contributed by atoms with van der Waals surface area (Å²) in [7, 11) is 0. The summed E-state index contributed by atoms with van der Waals surface area (Å²) in [4.78, 5) is 11.7. The molecule has 1 fully saturated rings. The molecule has 18 heavy (non-hydrogen) atoms. The molecule has 5 heteroatoms. The van der Waals surface area contributed by atoms with Crippen molar-refractivity contribution in [2.75, 3.05) is 13.1 Å². The molecule has 3 N–H and O–H groups in total. The molecule has 2 rings (SSSR count). The van der Waals surface area contributed by atoms with E-state index in [1.165, 1.54) is 0 Å². The van der Waals surface area contributed by atoms with Crippen LogP contribution in [0.5, 0.6) is 0 Å². The Balaban J connectivity index is 1.86. The Morgan fingerprint density at radius 1 is 1.56 bits per heavy atom. The van der Waals surface area contributed by atoms with Crippen molar-refractivity contribution in [3.8, 4) is 0 Å². The third-order valence-electron chi connectivity index (χ3n) is 3.11. The number of hydrogen-bond donors (Lipinski definition) is 3. The number of aliphatic hydroxyl groups is 1. The van der Waals surface area contributed by atoms with Crippen LogP contribution < -0.4 is 10.6 Å². The van der Waals surface area contributed by atoms with E-state index in [1.807, 2.05) is 6.07 Å². The summed E-state index contributed by atoms with van der Waals surface area (Å²) in [5, 5.41) is 16.3. The molecule has 0 saturated carbocycles. The summed E-state index contributed by atoms with van der Waals surface area (Å²) in [6, 6.07) is 6.97. The van der Waals surface area contributed by atoms with Crippen molar-refractivity contribution in [1.82, 2.24) is 10.6 Å². The summed E-state index contributed by atoms with van der Waals surface area (Å²) >= 11 is 5.98. The van der Waals surface area contributed by atoms with E-state index in [0.717, 1.165) is 19.4 Å². The molecule has 1 aliphatic heterocycles. The van der Waals surface area contributed by atoms with Gasteiger partial charge >= 0.3 is 0 Å². The van der Waals surface area contributed by atoms with Gasteiger partial charge in [0.05, 0.1) is 12.1 Å². The highest BCUT2D eigenvalue weighted by Gasteiger charge is 2.22. The number of rotatable bonds is 4. The molecule has 4 nitrogen and oxygen atoms in total. The van der Waals surface area contributed by atoms with Crippen molar-refractivity contribution >= 4 is 17.5 Å². The van der Waals surface area contributed by atoms with Crippen molar-refractivity contribution in [2.24, 2.45) is 0 Å². The molecule has 0 bridgehead atoms. The fourth-order valence-electron chi connectivity index (χ4n) is 2.08. The van der Waals surface area contributed by atoms with Crippen molar-refractivity contribution in [3.05, 3.63) is 34.9 Å². The van der Waals surface area contributed by atoms with E-state index in [-0.39, 0.29) is 18.5 Å². The highest BCUT2D eigenvalue weighted by Crippen LogP contribution is 2.21. The van der Waals surface area contributed by atoms with Gasteiger partial charge in [-0.15, -0.1) is 0 Å². The van der Waals surface area contributed by atoms with Gasteiger partial charge in [-0.05, 0) is 25.5 Å². The lowest BCUT2D eigenvalue weighted by molar-refractivity contribution is -0.123. The monoisotopic (exact) mass is 268 g/mol. The molecule has 1 heterocycles. The van der Waals surface area contributed by atoms with Crippen LogP contribution in [0.2, 0.25) is 5.02 Å². The molecular formula is C13H17ClN2O2. The van der Waals surface area contributed by atoms with Crippen LogP contribution in [0.1, 0.15) is 24.5 Å². The molecule has 1 amide bonds. The van der Waals surface area contributed by atoms with Gasteiger partial charge < -0.3 is 15.7 Å². The van der Waals surface area contributed by atoms with Crippen molar-refractivity contribution in [1.29, 1.82) is 0 Å². The quantitative estimate of drug-likeness (QED) is 0.770. The second kappa shape index (κ2) is 6.18. The lowest BCUT2D eigenvalue weighted by atomic mass is 10.1. The second-order valence-corrected chi connectivity index (χ2v) is 4.84. The van der Waals surface area contributed by atoms with Crippen LogP contribution >= 0.6 is 11.6 Å². The summed E-state index contributed by atoms with van der Waals surface area (Å²) in [5.74, 6) is -0.0568. The molecular weight excluding hydrogens is 252 g/mol. The number of carbonyl (C=O) groups excluding carboxylic acids is 1. The van der Waals surface area contributed by atoms with Gasteiger partial charge in [-0.25, -0.2) is 0 Å². The maximum atomic E-state index is 11.7. The van der Waals surface area contributed by atoms with Crippen molar-refractivity contribution < 1.29 is 9.90 Å². The standard InChI is InChI=1S/C13H17ClN2O2/c14-10-5-2-1-4-9(10)12(17)8-16-13(18)11-6-3-7-15-11/h1-2,4-5,11-12,15,17H,3,6-8H2,(H,16,18)/t11-,12?/m0/s1. The summed E-state index contributed by atoms with van der Waals surface area (Å²) in [5.41, 5.74) is 0.638. The molecule has 1 aromatic rings. The topological polar surface area (TPSA) is 61.4 Å². The van der Waals surface area contributed by atoms with E-state index in [1.54, 1.807) is 18.2 Å². The van der Waals surface area contributed by atoms with Crippen LogP contribution in [0.4, 0.5) is 0 Å². The first-order valence-corrected chi connectivity index (χ1v) is 6.50. The minimum atomic E-state index is -0.774. The van der Waals surface area contributed by atoms with E-state index in [2.05, 4.69) is 10.6 Å². The summed E-state index contributed by atoms with van der Waals surface area (Å²) in [6.07, 6.45) is 1.10. The molecule has 0 aliphatic carbocycles. The molecule has 0 spiro atoms. The SMILES string of the molecule is O=C(NCC(O)c1ccccc1Cl)[C@@H]1CCCN1. The number of aliphatic hydroxyl groups excluding tert-OH is 1. The minimum absolute atomic E-state index is 0.0568. The van der Waals surface area contributed by atoms with Gasteiger partial charge in [-0.3, -0.25) is 4.79 Å². The zero-order valence-electron chi connectivity index (χ0n) is 10.0. The average molecular weight is 269 g/mol. The first kappa shape index (κ1) is 13.3. The van der Waals surface area contributed by atoms with Crippen LogP contribution in [0.3, 0.4) is 0 Å². The molecule has 1 unspecified atom stereocenters. The first-order chi connectivity index (χ1) is 8.68. The van der Waals surface area contributed by atoms with Crippen LogP contribution in [0.25, 0.3) is 0 Å². The smallest absolute Gasteiger partial charge is 0.237 e. The zero-order chi connectivity index (χ0) is 13.0. The minimum Gasteiger partial charge on any atom is -0.387 e. The van der Waals surface area contributed by atoms with E-state index < -0.39 is 6.10 Å². The lowest BCUT2D eigenvalue weighted by Crippen LogP contribution is -2.41. The second-order valence-electron chi connectivity index (χ2n) is 4.43. The van der Waals surface area contributed by atoms with E-state index in [9.17, 15) is 9.90 Å². The fraction of sp³-hybridized carbons (Fsp3) is 0.462. The van der Waals surface area contributed by atoms with Crippen LogP contribution in [-0.4, -0.2) is 30.1 Å². The third kappa shape index (κ3) is 3.22. The van der Waals surface area contributed by atoms with E-state index in [0.29, 0.717) is 10.6 Å². The Kier molecular flexibility index (Phi) is 4.58. The number of carbonyl (C=O) groups is 1. The van der Waals surface area contributed by atoms with Gasteiger partial charge in [0.2, 0.25) is 5.91 Å². The number of amides is 1. The molecule has 2 atom stereocenters. The van der Waals surface area contributed by atoms with Crippen LogP contribution in [0.15, 0.2) is 24.3 Å². The van der Waals surface area contributed by atoms with Gasteiger partial charge in [0.15, 0.2) is 0 Å². The van der Waals surface area contributed by atoms with E-state index in [4.69, 9.17) is 11.6 Å². The largest absolute Gasteiger partial charge is 0.387 e. The average Bonchev–Trinajstić information content (AvgIpc) is 2.90. The van der Waals surface area contributed by atoms with Crippen LogP contribution in [0, 0.1) is 0 Å². The normalized spacial score (nSPS) is 20.7. The molecule has 98 valence electrons. The molecule has 1 aromatic carbocycles.